The summed E-state index contributed by atoms with van der Waals surface area (Å²) in [5.74, 6) is -2.73. The van der Waals surface area contributed by atoms with Gasteiger partial charge in [0.25, 0.3) is 0 Å². The molecule has 0 spiro atoms. The van der Waals surface area contributed by atoms with Gasteiger partial charge in [-0.1, -0.05) is 17.7 Å². The van der Waals surface area contributed by atoms with Crippen molar-refractivity contribution < 1.29 is 19.1 Å². The molecule has 5 nitrogen and oxygen atoms in total. The number of hydrogen-bond donors (Lipinski definition) is 3. The van der Waals surface area contributed by atoms with Gasteiger partial charge in [0.15, 0.2) is 0 Å². The average Bonchev–Trinajstić information content (AvgIpc) is 2.46. The first-order valence-electron chi connectivity index (χ1n) is 6.24. The molecule has 2 rings (SSSR count). The maximum absolute atomic E-state index is 13.0. The summed E-state index contributed by atoms with van der Waals surface area (Å²) >= 11 is 5.58. The van der Waals surface area contributed by atoms with Gasteiger partial charge >= 0.3 is 11.8 Å². The smallest absolute Gasteiger partial charge is 0.314 e. The average molecular weight is 323 g/mol. The van der Waals surface area contributed by atoms with E-state index in [4.69, 9.17) is 11.6 Å². The molecule has 0 saturated heterocycles. The Morgan fingerprint density at radius 3 is 2.45 bits per heavy atom. The van der Waals surface area contributed by atoms with Crippen molar-refractivity contribution >= 4 is 34.8 Å². The van der Waals surface area contributed by atoms with Gasteiger partial charge in [0.1, 0.15) is 11.6 Å². The lowest BCUT2D eigenvalue weighted by Gasteiger charge is -2.09. The Balaban J connectivity index is 2.07. The molecule has 0 aliphatic carbocycles. The van der Waals surface area contributed by atoms with Gasteiger partial charge in [-0.3, -0.25) is 9.59 Å². The predicted octanol–water partition coefficient (Wildman–Crippen LogP) is 3.07. The molecule has 0 aromatic heterocycles. The maximum atomic E-state index is 13.0. The largest absolute Gasteiger partial charge is 0.506 e. The second-order valence-corrected chi connectivity index (χ2v) is 4.96. The van der Waals surface area contributed by atoms with E-state index in [1.54, 1.807) is 13.0 Å². The van der Waals surface area contributed by atoms with Gasteiger partial charge in [-0.2, -0.15) is 0 Å². The third-order valence-corrected chi connectivity index (χ3v) is 3.07. The molecule has 0 radical (unpaired) electrons. The molecule has 114 valence electrons. The summed E-state index contributed by atoms with van der Waals surface area (Å²) in [5, 5.41) is 14.0. The molecule has 22 heavy (non-hydrogen) atoms. The van der Waals surface area contributed by atoms with E-state index in [9.17, 15) is 19.1 Å². The number of hydrogen-bond acceptors (Lipinski definition) is 3. The molecule has 2 amide bonds. The van der Waals surface area contributed by atoms with Gasteiger partial charge in [0, 0.05) is 5.69 Å². The fourth-order valence-electron chi connectivity index (χ4n) is 1.69. The molecule has 0 unspecified atom stereocenters. The van der Waals surface area contributed by atoms with Crippen molar-refractivity contribution in [2.45, 2.75) is 6.92 Å². The molecule has 3 N–H and O–H groups in total. The zero-order chi connectivity index (χ0) is 16.3. The SMILES string of the molecule is Cc1ccc(O)c(NC(=O)C(=O)Nc2ccc(F)c(Cl)c2)c1. The van der Waals surface area contributed by atoms with E-state index < -0.39 is 17.6 Å². The van der Waals surface area contributed by atoms with E-state index in [0.717, 1.165) is 11.6 Å². The summed E-state index contributed by atoms with van der Waals surface area (Å²) in [6.45, 7) is 1.77. The Labute approximate surface area is 130 Å². The second kappa shape index (κ2) is 6.44. The van der Waals surface area contributed by atoms with Crippen molar-refractivity contribution in [3.05, 3.63) is 52.8 Å². The molecule has 0 fully saturated rings. The van der Waals surface area contributed by atoms with Crippen molar-refractivity contribution in [2.24, 2.45) is 0 Å². The first-order chi connectivity index (χ1) is 10.4. The quantitative estimate of drug-likeness (QED) is 0.587. The molecular formula is C15H12ClFN2O3. The molecule has 2 aromatic carbocycles. The standard InChI is InChI=1S/C15H12ClFN2O3/c1-8-2-5-13(20)12(6-8)19-15(22)14(21)18-9-3-4-11(17)10(16)7-9/h2-7,20H,1H3,(H,18,21)(H,19,22). The van der Waals surface area contributed by atoms with E-state index in [0.29, 0.717) is 0 Å². The van der Waals surface area contributed by atoms with Gasteiger partial charge in [-0.15, -0.1) is 0 Å². The molecular weight excluding hydrogens is 311 g/mol. The highest BCUT2D eigenvalue weighted by atomic mass is 35.5. The van der Waals surface area contributed by atoms with Crippen molar-refractivity contribution in [3.63, 3.8) is 0 Å². The van der Waals surface area contributed by atoms with Crippen LogP contribution in [-0.4, -0.2) is 16.9 Å². The van der Waals surface area contributed by atoms with Crippen LogP contribution in [0.2, 0.25) is 5.02 Å². The Kier molecular flexibility index (Phi) is 4.62. The van der Waals surface area contributed by atoms with Gasteiger partial charge in [0.2, 0.25) is 0 Å². The number of carbonyl (C=O) groups excluding carboxylic acids is 2. The van der Waals surface area contributed by atoms with E-state index >= 15 is 0 Å². The minimum Gasteiger partial charge on any atom is -0.506 e. The van der Waals surface area contributed by atoms with Crippen LogP contribution in [0.25, 0.3) is 0 Å². The Morgan fingerprint density at radius 1 is 1.09 bits per heavy atom. The maximum Gasteiger partial charge on any atom is 0.314 e. The molecule has 2 aromatic rings. The lowest BCUT2D eigenvalue weighted by molar-refractivity contribution is -0.133. The minimum atomic E-state index is -0.971. The number of carbonyl (C=O) groups is 2. The number of nitrogens with one attached hydrogen (secondary N) is 2. The molecule has 0 saturated carbocycles. The van der Waals surface area contributed by atoms with Gasteiger partial charge < -0.3 is 15.7 Å². The summed E-state index contributed by atoms with van der Waals surface area (Å²) < 4.78 is 13.0. The highest BCUT2D eigenvalue weighted by Gasteiger charge is 2.16. The Morgan fingerprint density at radius 2 is 1.77 bits per heavy atom. The summed E-state index contributed by atoms with van der Waals surface area (Å²) in [4.78, 5) is 23.6. The van der Waals surface area contributed by atoms with Gasteiger partial charge in [-0.25, -0.2) is 4.39 Å². The topological polar surface area (TPSA) is 78.4 Å². The molecule has 0 aliphatic rings. The Hall–Kier alpha value is -2.60. The number of aryl methyl sites for hydroxylation is 1. The minimum absolute atomic E-state index is 0.122. The van der Waals surface area contributed by atoms with Crippen LogP contribution in [0.5, 0.6) is 5.75 Å². The molecule has 7 heteroatoms. The van der Waals surface area contributed by atoms with E-state index in [2.05, 4.69) is 10.6 Å². The fraction of sp³-hybridized carbons (Fsp3) is 0.0667. The van der Waals surface area contributed by atoms with Crippen LogP contribution < -0.4 is 10.6 Å². The first kappa shape index (κ1) is 15.8. The number of halogens is 2. The van der Waals surface area contributed by atoms with Crippen molar-refractivity contribution in [1.29, 1.82) is 0 Å². The third kappa shape index (κ3) is 3.73. The molecule has 0 heterocycles. The summed E-state index contributed by atoms with van der Waals surface area (Å²) in [6, 6.07) is 8.12. The van der Waals surface area contributed by atoms with Crippen LogP contribution in [0.15, 0.2) is 36.4 Å². The van der Waals surface area contributed by atoms with Gasteiger partial charge in [-0.05, 0) is 42.8 Å². The van der Waals surface area contributed by atoms with Crippen LogP contribution in [-0.2, 0) is 9.59 Å². The van der Waals surface area contributed by atoms with Crippen molar-refractivity contribution in [3.8, 4) is 5.75 Å². The monoisotopic (exact) mass is 322 g/mol. The number of rotatable bonds is 2. The zero-order valence-electron chi connectivity index (χ0n) is 11.5. The van der Waals surface area contributed by atoms with Crippen molar-refractivity contribution in [2.75, 3.05) is 10.6 Å². The van der Waals surface area contributed by atoms with Crippen LogP contribution >= 0.6 is 11.6 Å². The number of phenolic OH excluding ortho intramolecular Hbond substituents is 1. The van der Waals surface area contributed by atoms with Crippen LogP contribution in [0.4, 0.5) is 15.8 Å². The third-order valence-electron chi connectivity index (χ3n) is 2.78. The first-order valence-corrected chi connectivity index (χ1v) is 6.61. The van der Waals surface area contributed by atoms with Crippen molar-refractivity contribution in [1.82, 2.24) is 0 Å². The highest BCUT2D eigenvalue weighted by molar-refractivity contribution is 6.44. The number of phenols is 1. The van der Waals surface area contributed by atoms with E-state index in [1.165, 1.54) is 24.3 Å². The number of benzene rings is 2. The molecule has 0 bridgehead atoms. The van der Waals surface area contributed by atoms with Crippen LogP contribution in [0.3, 0.4) is 0 Å². The van der Waals surface area contributed by atoms with E-state index in [-0.39, 0.29) is 22.1 Å². The Bertz CT molecular complexity index is 750. The number of anilines is 2. The highest BCUT2D eigenvalue weighted by Crippen LogP contribution is 2.24. The second-order valence-electron chi connectivity index (χ2n) is 4.56. The lowest BCUT2D eigenvalue weighted by atomic mass is 10.2. The zero-order valence-corrected chi connectivity index (χ0v) is 12.2. The molecule has 0 atom stereocenters. The summed E-state index contributed by atoms with van der Waals surface area (Å²) in [5.41, 5.74) is 1.11. The predicted molar refractivity (Wildman–Crippen MR) is 81.5 cm³/mol. The van der Waals surface area contributed by atoms with Crippen LogP contribution in [0.1, 0.15) is 5.56 Å². The molecule has 0 aliphatic heterocycles. The number of amides is 2. The fourth-order valence-corrected chi connectivity index (χ4v) is 1.87. The van der Waals surface area contributed by atoms with Gasteiger partial charge in [0.05, 0.1) is 10.7 Å². The normalized spacial score (nSPS) is 10.1. The lowest BCUT2D eigenvalue weighted by Crippen LogP contribution is -2.29. The van der Waals surface area contributed by atoms with E-state index in [1.807, 2.05) is 0 Å². The summed E-state index contributed by atoms with van der Waals surface area (Å²) in [7, 11) is 0. The summed E-state index contributed by atoms with van der Waals surface area (Å²) in [6.07, 6.45) is 0. The van der Waals surface area contributed by atoms with Crippen LogP contribution in [0, 0.1) is 12.7 Å². The number of aromatic hydroxyl groups is 1.